The molecule has 1 heterocycles. The molecule has 1 aromatic carbocycles. The summed E-state index contributed by atoms with van der Waals surface area (Å²) in [4.78, 5) is 0. The van der Waals surface area contributed by atoms with Crippen LogP contribution in [-0.4, -0.2) is 19.3 Å². The number of hydrogen-bond acceptors (Lipinski definition) is 2. The lowest BCUT2D eigenvalue weighted by Gasteiger charge is -2.65. The standard InChI is InChI=1S/C52H72O2/c1-29(2)43-44(49-15-30-3-31(16-49)5-32(4-30)17-49)45(50-18-33-6-34(19-50)8-35(7-33)20-50)46(51-21-36-9-37(22-51)11-38(10-36)23-51)47(48(43)54-28-42-27-53-42)52-24-39-12-40(25-52)14-41(13-39)26-52/h29-42H,3-28H2,1-2H3. The van der Waals surface area contributed by atoms with Gasteiger partial charge in [-0.2, -0.15) is 0 Å². The van der Waals surface area contributed by atoms with Gasteiger partial charge in [-0.15, -0.1) is 0 Å². The molecule has 0 N–H and O–H groups in total. The van der Waals surface area contributed by atoms with E-state index < -0.39 is 0 Å². The van der Waals surface area contributed by atoms with E-state index in [0.29, 0.717) is 33.7 Å². The molecule has 0 amide bonds. The summed E-state index contributed by atoms with van der Waals surface area (Å²) in [5, 5.41) is 0. The fraction of sp³-hybridized carbons (Fsp3) is 0.885. The summed E-state index contributed by atoms with van der Waals surface area (Å²) in [6.07, 6.45) is 37.3. The third kappa shape index (κ3) is 4.57. The summed E-state index contributed by atoms with van der Waals surface area (Å²) in [5.74, 6) is 13.9. The van der Waals surface area contributed by atoms with Gasteiger partial charge in [0.25, 0.3) is 0 Å². The van der Waals surface area contributed by atoms with Gasteiger partial charge < -0.3 is 9.47 Å². The zero-order chi connectivity index (χ0) is 35.3. The minimum atomic E-state index is 0.322. The van der Waals surface area contributed by atoms with Crippen molar-refractivity contribution < 1.29 is 9.47 Å². The lowest BCUT2D eigenvalue weighted by atomic mass is 9.39. The van der Waals surface area contributed by atoms with Gasteiger partial charge in [-0.1, -0.05) is 13.8 Å². The van der Waals surface area contributed by atoms with Crippen molar-refractivity contribution >= 4 is 0 Å². The SMILES string of the molecule is CC(C)c1c(OCC2CO2)c(C23CC4CC(CC(C4)C2)C3)c(C23CC4CC(CC(C4)C2)C3)c(C23CC4CC(CC(C4)C2)C3)c1C12CC3CC(CC(C3)C1)C2. The van der Waals surface area contributed by atoms with Crippen molar-refractivity contribution in [1.29, 1.82) is 0 Å². The maximum Gasteiger partial charge on any atom is 0.127 e. The van der Waals surface area contributed by atoms with E-state index in [1.54, 1.807) is 96.3 Å². The molecule has 17 aliphatic rings. The molecule has 16 saturated carbocycles. The van der Waals surface area contributed by atoms with Crippen molar-refractivity contribution in [3.8, 4) is 5.75 Å². The van der Waals surface area contributed by atoms with Crippen LogP contribution in [0.3, 0.4) is 0 Å². The number of benzene rings is 1. The third-order valence-corrected chi connectivity index (χ3v) is 21.2. The Morgan fingerprint density at radius 1 is 0.426 bits per heavy atom. The van der Waals surface area contributed by atoms with Crippen molar-refractivity contribution in [3.05, 3.63) is 27.8 Å². The molecular weight excluding hydrogens is 657 g/mol. The van der Waals surface area contributed by atoms with Crippen LogP contribution in [0.1, 0.15) is 202 Å². The molecule has 1 aliphatic heterocycles. The van der Waals surface area contributed by atoms with Crippen LogP contribution >= 0.6 is 0 Å². The molecule has 16 aliphatic carbocycles. The molecule has 1 unspecified atom stereocenters. The largest absolute Gasteiger partial charge is 0.490 e. The molecule has 2 nitrogen and oxygen atoms in total. The van der Waals surface area contributed by atoms with Gasteiger partial charge in [-0.3, -0.25) is 0 Å². The molecule has 1 atom stereocenters. The third-order valence-electron chi connectivity index (χ3n) is 21.2. The average Bonchev–Trinajstić information content (AvgIpc) is 3.92. The van der Waals surface area contributed by atoms with Crippen molar-refractivity contribution in [2.45, 2.75) is 202 Å². The second-order valence-corrected chi connectivity index (χ2v) is 25.5. The predicted molar refractivity (Wildman–Crippen MR) is 215 cm³/mol. The van der Waals surface area contributed by atoms with Crippen LogP contribution in [-0.2, 0) is 26.4 Å². The van der Waals surface area contributed by atoms with Crippen LogP contribution in [0.15, 0.2) is 0 Å². The van der Waals surface area contributed by atoms with Gasteiger partial charge in [0.1, 0.15) is 18.5 Å². The fourth-order valence-electron chi connectivity index (χ4n) is 21.6. The van der Waals surface area contributed by atoms with Crippen LogP contribution in [0.5, 0.6) is 5.75 Å². The molecule has 18 rings (SSSR count). The molecule has 54 heavy (non-hydrogen) atoms. The first-order valence-electron chi connectivity index (χ1n) is 24.7. The molecule has 1 saturated heterocycles. The van der Waals surface area contributed by atoms with Crippen LogP contribution in [0.4, 0.5) is 0 Å². The molecule has 2 heteroatoms. The van der Waals surface area contributed by atoms with E-state index in [1.165, 1.54) is 63.5 Å². The van der Waals surface area contributed by atoms with E-state index >= 15 is 0 Å². The maximum absolute atomic E-state index is 7.80. The summed E-state index contributed by atoms with van der Waals surface area (Å²) in [6.45, 7) is 7.02. The van der Waals surface area contributed by atoms with E-state index in [1.807, 2.05) is 16.7 Å². The van der Waals surface area contributed by atoms with Gasteiger partial charge in [0.2, 0.25) is 0 Å². The Morgan fingerprint density at radius 3 is 0.963 bits per heavy atom. The summed E-state index contributed by atoms with van der Waals surface area (Å²) in [7, 11) is 0. The average molecular weight is 729 g/mol. The highest BCUT2D eigenvalue weighted by Gasteiger charge is 2.64. The number of rotatable bonds is 8. The number of epoxide rings is 1. The minimum absolute atomic E-state index is 0.322. The Hall–Kier alpha value is -1.02. The van der Waals surface area contributed by atoms with E-state index in [-0.39, 0.29) is 0 Å². The first-order chi connectivity index (χ1) is 26.2. The van der Waals surface area contributed by atoms with Crippen molar-refractivity contribution in [2.24, 2.45) is 71.0 Å². The van der Waals surface area contributed by atoms with Gasteiger partial charge >= 0.3 is 0 Å². The van der Waals surface area contributed by atoms with Crippen LogP contribution < -0.4 is 4.74 Å². The Kier molecular flexibility index (Phi) is 6.68. The first kappa shape index (κ1) is 32.9. The Labute approximate surface area is 327 Å². The molecule has 0 aromatic heterocycles. The van der Waals surface area contributed by atoms with Gasteiger partial charge in [-0.25, -0.2) is 0 Å². The molecule has 1 aromatic rings. The highest BCUT2D eigenvalue weighted by molar-refractivity contribution is 5.67. The summed E-state index contributed by atoms with van der Waals surface area (Å²) < 4.78 is 13.8. The predicted octanol–water partition coefficient (Wildman–Crippen LogP) is 12.5. The lowest BCUT2D eigenvalue weighted by Crippen LogP contribution is -2.57. The Bertz CT molecular complexity index is 1610. The summed E-state index contributed by atoms with van der Waals surface area (Å²) in [6, 6.07) is 0. The molecule has 292 valence electrons. The minimum Gasteiger partial charge on any atom is -0.490 e. The molecule has 17 fully saturated rings. The van der Waals surface area contributed by atoms with Gasteiger partial charge in [-0.05, 0) is 264 Å². The number of ether oxygens (including phenoxy) is 2. The molecule has 0 radical (unpaired) electrons. The summed E-state index contributed by atoms with van der Waals surface area (Å²) >= 11 is 0. The number of hydrogen-bond donors (Lipinski definition) is 0. The lowest BCUT2D eigenvalue weighted by molar-refractivity contribution is -0.0298. The van der Waals surface area contributed by atoms with Crippen molar-refractivity contribution in [2.75, 3.05) is 13.2 Å². The zero-order valence-electron chi connectivity index (χ0n) is 34.3. The highest BCUT2D eigenvalue weighted by Crippen LogP contribution is 2.74. The fourth-order valence-corrected chi connectivity index (χ4v) is 21.6. The van der Waals surface area contributed by atoms with Crippen LogP contribution in [0, 0.1) is 71.0 Å². The zero-order valence-corrected chi connectivity index (χ0v) is 34.3. The van der Waals surface area contributed by atoms with Crippen LogP contribution in [0.25, 0.3) is 0 Å². The topological polar surface area (TPSA) is 21.8 Å². The van der Waals surface area contributed by atoms with Gasteiger partial charge in [0.05, 0.1) is 6.61 Å². The van der Waals surface area contributed by atoms with Crippen molar-refractivity contribution in [3.63, 3.8) is 0 Å². The van der Waals surface area contributed by atoms with Gasteiger partial charge in [0.15, 0.2) is 0 Å². The molecular formula is C52H72O2. The van der Waals surface area contributed by atoms with E-state index in [9.17, 15) is 0 Å². The second-order valence-electron chi connectivity index (χ2n) is 25.5. The normalized spacial score (nSPS) is 54.8. The smallest absolute Gasteiger partial charge is 0.127 e. The van der Waals surface area contributed by atoms with Crippen LogP contribution in [0.2, 0.25) is 0 Å². The quantitative estimate of drug-likeness (QED) is 0.249. The van der Waals surface area contributed by atoms with E-state index in [2.05, 4.69) is 25.0 Å². The monoisotopic (exact) mass is 729 g/mol. The van der Waals surface area contributed by atoms with Crippen molar-refractivity contribution in [1.82, 2.24) is 0 Å². The Balaban J connectivity index is 1.13. The van der Waals surface area contributed by atoms with E-state index in [0.717, 1.165) is 84.2 Å². The highest BCUT2D eigenvalue weighted by atomic mass is 16.6. The maximum atomic E-state index is 7.80. The molecule has 16 bridgehead atoms. The molecule has 0 spiro atoms. The van der Waals surface area contributed by atoms with Gasteiger partial charge in [0, 0.05) is 16.5 Å². The Morgan fingerprint density at radius 2 is 0.685 bits per heavy atom. The second kappa shape index (κ2) is 11.0. The van der Waals surface area contributed by atoms with E-state index in [4.69, 9.17) is 9.47 Å². The summed E-state index contributed by atoms with van der Waals surface area (Å²) in [5.41, 5.74) is 11.7. The first-order valence-corrected chi connectivity index (χ1v) is 24.7.